The first-order chi connectivity index (χ1) is 9.60. The van der Waals surface area contributed by atoms with Crippen molar-refractivity contribution in [3.8, 4) is 11.5 Å². The van der Waals surface area contributed by atoms with Crippen molar-refractivity contribution in [2.45, 2.75) is 6.61 Å². The summed E-state index contributed by atoms with van der Waals surface area (Å²) in [6.07, 6.45) is 0. The summed E-state index contributed by atoms with van der Waals surface area (Å²) in [7, 11) is 1.55. The van der Waals surface area contributed by atoms with Crippen molar-refractivity contribution in [2.75, 3.05) is 12.8 Å². The predicted molar refractivity (Wildman–Crippen MR) is 76.7 cm³/mol. The number of primary amides is 1. The third-order valence-electron chi connectivity index (χ3n) is 2.79. The number of ether oxygens (including phenoxy) is 2. The molecule has 1 amide bonds. The van der Waals surface area contributed by atoms with Crippen LogP contribution in [-0.2, 0) is 6.61 Å². The fourth-order valence-corrected chi connectivity index (χ4v) is 1.78. The molecule has 0 saturated heterocycles. The topological polar surface area (TPSA) is 87.6 Å². The number of nitrogen functional groups attached to an aromatic ring is 1. The molecule has 0 spiro atoms. The van der Waals surface area contributed by atoms with Crippen molar-refractivity contribution in [3.63, 3.8) is 0 Å². The molecular formula is C15H16N2O3. The summed E-state index contributed by atoms with van der Waals surface area (Å²) < 4.78 is 10.9. The molecule has 4 N–H and O–H groups in total. The van der Waals surface area contributed by atoms with Gasteiger partial charge in [-0.05, 0) is 29.8 Å². The monoisotopic (exact) mass is 272 g/mol. The maximum atomic E-state index is 11.1. The van der Waals surface area contributed by atoms with Gasteiger partial charge in [-0.15, -0.1) is 0 Å². The Morgan fingerprint density at radius 3 is 2.65 bits per heavy atom. The molecule has 5 nitrogen and oxygen atoms in total. The summed E-state index contributed by atoms with van der Waals surface area (Å²) in [6.45, 7) is 0.307. The maximum Gasteiger partial charge on any atom is 0.248 e. The Morgan fingerprint density at radius 2 is 1.95 bits per heavy atom. The minimum absolute atomic E-state index is 0.307. The second kappa shape index (κ2) is 5.97. The molecule has 0 unspecified atom stereocenters. The molecule has 0 heterocycles. The van der Waals surface area contributed by atoms with Gasteiger partial charge in [0.2, 0.25) is 5.91 Å². The molecule has 2 aromatic carbocycles. The molecule has 0 radical (unpaired) electrons. The van der Waals surface area contributed by atoms with Gasteiger partial charge in [-0.3, -0.25) is 4.79 Å². The van der Waals surface area contributed by atoms with E-state index >= 15 is 0 Å². The number of benzene rings is 2. The third-order valence-corrected chi connectivity index (χ3v) is 2.79. The molecule has 104 valence electrons. The van der Waals surface area contributed by atoms with Crippen LogP contribution in [0.25, 0.3) is 0 Å². The van der Waals surface area contributed by atoms with Gasteiger partial charge in [-0.2, -0.15) is 0 Å². The first kappa shape index (κ1) is 13.7. The van der Waals surface area contributed by atoms with E-state index in [1.165, 1.54) is 0 Å². The van der Waals surface area contributed by atoms with Crippen LogP contribution in [0.4, 0.5) is 5.69 Å². The Morgan fingerprint density at radius 1 is 1.15 bits per heavy atom. The molecule has 0 aromatic heterocycles. The Labute approximate surface area is 117 Å². The lowest BCUT2D eigenvalue weighted by atomic mass is 10.1. The smallest absolute Gasteiger partial charge is 0.248 e. The van der Waals surface area contributed by atoms with Gasteiger partial charge in [0, 0.05) is 17.3 Å². The van der Waals surface area contributed by atoms with Gasteiger partial charge in [-0.25, -0.2) is 0 Å². The van der Waals surface area contributed by atoms with Gasteiger partial charge < -0.3 is 20.9 Å². The van der Waals surface area contributed by atoms with E-state index in [1.54, 1.807) is 43.5 Å². The molecule has 0 atom stereocenters. The standard InChI is InChI=1S/C15H16N2O3/c1-19-14-8-12(16)5-6-13(14)20-9-10-3-2-4-11(7-10)15(17)18/h2-8H,9,16H2,1H3,(H2,17,18). The van der Waals surface area contributed by atoms with E-state index < -0.39 is 5.91 Å². The number of amides is 1. The summed E-state index contributed by atoms with van der Waals surface area (Å²) >= 11 is 0. The van der Waals surface area contributed by atoms with Crippen molar-refractivity contribution >= 4 is 11.6 Å². The number of rotatable bonds is 5. The first-order valence-corrected chi connectivity index (χ1v) is 6.05. The summed E-state index contributed by atoms with van der Waals surface area (Å²) in [5.41, 5.74) is 12.8. The van der Waals surface area contributed by atoms with Gasteiger partial charge in [0.05, 0.1) is 7.11 Å². The molecule has 0 aliphatic rings. The van der Waals surface area contributed by atoms with Crippen LogP contribution in [0, 0.1) is 0 Å². The normalized spacial score (nSPS) is 10.1. The van der Waals surface area contributed by atoms with Gasteiger partial charge >= 0.3 is 0 Å². The minimum Gasteiger partial charge on any atom is -0.493 e. The zero-order valence-electron chi connectivity index (χ0n) is 11.1. The van der Waals surface area contributed by atoms with Crippen LogP contribution in [0.15, 0.2) is 42.5 Å². The van der Waals surface area contributed by atoms with Crippen molar-refractivity contribution in [1.82, 2.24) is 0 Å². The first-order valence-electron chi connectivity index (χ1n) is 6.05. The number of nitrogens with two attached hydrogens (primary N) is 2. The number of hydrogen-bond donors (Lipinski definition) is 2. The summed E-state index contributed by atoms with van der Waals surface area (Å²) in [6, 6.07) is 12.1. The molecule has 0 aliphatic carbocycles. The fraction of sp³-hybridized carbons (Fsp3) is 0.133. The highest BCUT2D eigenvalue weighted by molar-refractivity contribution is 5.92. The summed E-state index contributed by atoms with van der Waals surface area (Å²) in [5.74, 6) is 0.694. The van der Waals surface area contributed by atoms with E-state index in [4.69, 9.17) is 20.9 Å². The van der Waals surface area contributed by atoms with E-state index in [0.29, 0.717) is 29.4 Å². The van der Waals surface area contributed by atoms with Crippen molar-refractivity contribution in [3.05, 3.63) is 53.6 Å². The van der Waals surface area contributed by atoms with Crippen molar-refractivity contribution in [1.29, 1.82) is 0 Å². The molecule has 2 aromatic rings. The van der Waals surface area contributed by atoms with Crippen LogP contribution < -0.4 is 20.9 Å². The van der Waals surface area contributed by atoms with E-state index in [-0.39, 0.29) is 0 Å². The van der Waals surface area contributed by atoms with Gasteiger partial charge in [0.15, 0.2) is 11.5 Å². The number of anilines is 1. The molecule has 2 rings (SSSR count). The minimum atomic E-state index is -0.461. The van der Waals surface area contributed by atoms with Crippen molar-refractivity contribution < 1.29 is 14.3 Å². The van der Waals surface area contributed by atoms with Crippen LogP contribution in [0.2, 0.25) is 0 Å². The molecular weight excluding hydrogens is 256 g/mol. The second-order valence-corrected chi connectivity index (χ2v) is 4.26. The summed E-state index contributed by atoms with van der Waals surface area (Å²) in [4.78, 5) is 11.1. The fourth-order valence-electron chi connectivity index (χ4n) is 1.78. The van der Waals surface area contributed by atoms with E-state index in [2.05, 4.69) is 0 Å². The Hall–Kier alpha value is -2.69. The number of carbonyl (C=O) groups is 1. The molecule has 20 heavy (non-hydrogen) atoms. The average molecular weight is 272 g/mol. The number of hydrogen-bond acceptors (Lipinski definition) is 4. The van der Waals surface area contributed by atoms with Crippen LogP contribution in [0.3, 0.4) is 0 Å². The highest BCUT2D eigenvalue weighted by atomic mass is 16.5. The maximum absolute atomic E-state index is 11.1. The van der Waals surface area contributed by atoms with Crippen LogP contribution in [0.5, 0.6) is 11.5 Å². The van der Waals surface area contributed by atoms with Gasteiger partial charge in [0.25, 0.3) is 0 Å². The number of carbonyl (C=O) groups excluding carboxylic acids is 1. The third kappa shape index (κ3) is 3.20. The van der Waals surface area contributed by atoms with Crippen LogP contribution in [0.1, 0.15) is 15.9 Å². The lowest BCUT2D eigenvalue weighted by Crippen LogP contribution is -2.11. The SMILES string of the molecule is COc1cc(N)ccc1OCc1cccc(C(N)=O)c1. The largest absolute Gasteiger partial charge is 0.493 e. The predicted octanol–water partition coefficient (Wildman–Crippen LogP) is 1.96. The van der Waals surface area contributed by atoms with E-state index in [0.717, 1.165) is 5.56 Å². The van der Waals surface area contributed by atoms with Crippen LogP contribution >= 0.6 is 0 Å². The average Bonchev–Trinajstić information content (AvgIpc) is 2.46. The lowest BCUT2D eigenvalue weighted by Gasteiger charge is -2.11. The van der Waals surface area contributed by atoms with Crippen LogP contribution in [-0.4, -0.2) is 13.0 Å². The Balaban J connectivity index is 2.12. The van der Waals surface area contributed by atoms with Gasteiger partial charge in [0.1, 0.15) is 6.61 Å². The zero-order chi connectivity index (χ0) is 14.5. The summed E-state index contributed by atoms with van der Waals surface area (Å²) in [5, 5.41) is 0. The molecule has 5 heteroatoms. The Kier molecular flexibility index (Phi) is 4.10. The molecule has 0 fully saturated rings. The van der Waals surface area contributed by atoms with E-state index in [1.807, 2.05) is 6.07 Å². The second-order valence-electron chi connectivity index (χ2n) is 4.26. The van der Waals surface area contributed by atoms with E-state index in [9.17, 15) is 4.79 Å². The zero-order valence-corrected chi connectivity index (χ0v) is 11.1. The molecule has 0 bridgehead atoms. The van der Waals surface area contributed by atoms with Gasteiger partial charge in [-0.1, -0.05) is 12.1 Å². The highest BCUT2D eigenvalue weighted by Crippen LogP contribution is 2.29. The molecule has 0 saturated carbocycles. The lowest BCUT2D eigenvalue weighted by molar-refractivity contribution is 0.1000. The quantitative estimate of drug-likeness (QED) is 0.814. The highest BCUT2D eigenvalue weighted by Gasteiger charge is 2.06. The van der Waals surface area contributed by atoms with Crippen molar-refractivity contribution in [2.24, 2.45) is 5.73 Å². The number of methoxy groups -OCH3 is 1. The Bertz CT molecular complexity index is 626. The molecule has 0 aliphatic heterocycles.